The Labute approximate surface area is 197 Å². The number of fused-ring (bicyclic) bond motifs is 1. The van der Waals surface area contributed by atoms with E-state index in [4.69, 9.17) is 9.47 Å². The highest BCUT2D eigenvalue weighted by Gasteiger charge is 2.22. The number of nitrogens with zero attached hydrogens (tertiary/aromatic N) is 3. The average Bonchev–Trinajstić information content (AvgIpc) is 3.31. The fourth-order valence-electron chi connectivity index (χ4n) is 4.30. The number of aliphatic hydroxyl groups excluding tert-OH is 1. The standard InChI is InChI=1S/C24H27FN4O4S/c1-15-10-17(29-34(31)8-5-18(30)6-9-34)12-21-23(15)24(27-14-26-21)28-20-3-2-16(25)11-22(20)33-19-4-7-32-13-19/h2-3,10-12,14,18-19,30H,4-9,13H2,1H3,(H,26,27,28)/t18?,19-,34?/m0/s1. The zero-order valence-electron chi connectivity index (χ0n) is 18.9. The van der Waals surface area contributed by atoms with Crippen molar-refractivity contribution in [3.05, 3.63) is 48.0 Å². The summed E-state index contributed by atoms with van der Waals surface area (Å²) in [7, 11) is -2.40. The van der Waals surface area contributed by atoms with Crippen molar-refractivity contribution < 1.29 is 23.2 Å². The fourth-order valence-corrected chi connectivity index (χ4v) is 6.46. The summed E-state index contributed by atoms with van der Waals surface area (Å²) in [5.74, 6) is 1.34. The molecule has 5 rings (SSSR count). The molecule has 0 bridgehead atoms. The number of hydrogen-bond acceptors (Lipinski definition) is 8. The number of rotatable bonds is 5. The third-order valence-electron chi connectivity index (χ3n) is 6.11. The van der Waals surface area contributed by atoms with Gasteiger partial charge < -0.3 is 19.9 Å². The van der Waals surface area contributed by atoms with E-state index in [1.54, 1.807) is 12.1 Å². The van der Waals surface area contributed by atoms with E-state index in [0.29, 0.717) is 66.0 Å². The molecule has 1 atom stereocenters. The lowest BCUT2D eigenvalue weighted by atomic mass is 10.1. The molecule has 2 aliphatic heterocycles. The van der Waals surface area contributed by atoms with E-state index in [1.165, 1.54) is 18.5 Å². The summed E-state index contributed by atoms with van der Waals surface area (Å²) in [5, 5.41) is 13.8. The molecule has 2 fully saturated rings. The smallest absolute Gasteiger partial charge is 0.146 e. The van der Waals surface area contributed by atoms with E-state index in [-0.39, 0.29) is 6.10 Å². The molecule has 0 unspecified atom stereocenters. The van der Waals surface area contributed by atoms with Crippen LogP contribution >= 0.6 is 0 Å². The lowest BCUT2D eigenvalue weighted by Gasteiger charge is -2.20. The molecular formula is C24H27FN4O4S. The summed E-state index contributed by atoms with van der Waals surface area (Å²) >= 11 is 0. The van der Waals surface area contributed by atoms with Gasteiger partial charge in [-0.1, -0.05) is 0 Å². The number of benzene rings is 2. The van der Waals surface area contributed by atoms with Gasteiger partial charge in [0, 0.05) is 29.4 Å². The second-order valence-electron chi connectivity index (χ2n) is 8.75. The maximum Gasteiger partial charge on any atom is 0.146 e. The molecule has 0 radical (unpaired) electrons. The number of anilines is 2. The molecule has 8 nitrogen and oxygen atoms in total. The van der Waals surface area contributed by atoms with E-state index >= 15 is 0 Å². The highest BCUT2D eigenvalue weighted by molar-refractivity contribution is 7.93. The topological polar surface area (TPSA) is 106 Å². The van der Waals surface area contributed by atoms with Gasteiger partial charge in [0.2, 0.25) is 0 Å². The molecule has 180 valence electrons. The molecule has 0 aliphatic carbocycles. The van der Waals surface area contributed by atoms with Crippen molar-refractivity contribution in [3.8, 4) is 5.75 Å². The SMILES string of the molecule is Cc1cc(N=S2(=O)CCC(O)CC2)cc2ncnc(Nc3ccc(F)cc3O[C@H]3CCOC3)c12. The van der Waals surface area contributed by atoms with Crippen LogP contribution < -0.4 is 10.1 Å². The van der Waals surface area contributed by atoms with E-state index < -0.39 is 21.7 Å². The quantitative estimate of drug-likeness (QED) is 0.556. The number of ether oxygens (including phenoxy) is 2. The van der Waals surface area contributed by atoms with Crippen LogP contribution in [0.25, 0.3) is 10.9 Å². The van der Waals surface area contributed by atoms with Crippen molar-refractivity contribution in [3.63, 3.8) is 0 Å². The fraction of sp³-hybridized carbons (Fsp3) is 0.417. The molecule has 2 N–H and O–H groups in total. The number of nitrogens with one attached hydrogen (secondary N) is 1. The van der Waals surface area contributed by atoms with Crippen LogP contribution in [0.3, 0.4) is 0 Å². The maximum atomic E-state index is 14.0. The Balaban J connectivity index is 1.48. The van der Waals surface area contributed by atoms with Crippen LogP contribution in [0.1, 0.15) is 24.8 Å². The number of hydrogen-bond donors (Lipinski definition) is 2. The van der Waals surface area contributed by atoms with Gasteiger partial charge in [0.1, 0.15) is 29.8 Å². The normalized spacial score (nSPS) is 24.8. The molecule has 0 spiro atoms. The third-order valence-corrected chi connectivity index (χ3v) is 8.40. The highest BCUT2D eigenvalue weighted by atomic mass is 32.2. The van der Waals surface area contributed by atoms with Gasteiger partial charge in [-0.15, -0.1) is 0 Å². The number of aromatic nitrogens is 2. The Morgan fingerprint density at radius 1 is 1.21 bits per heavy atom. The van der Waals surface area contributed by atoms with E-state index in [9.17, 15) is 13.7 Å². The summed E-state index contributed by atoms with van der Waals surface area (Å²) in [6.07, 6.45) is 2.67. The Kier molecular flexibility index (Phi) is 6.37. The molecule has 2 aromatic carbocycles. The molecule has 2 saturated heterocycles. The first-order valence-electron chi connectivity index (χ1n) is 11.4. The second-order valence-corrected chi connectivity index (χ2v) is 11.3. The summed E-state index contributed by atoms with van der Waals surface area (Å²) in [6.45, 7) is 3.02. The van der Waals surface area contributed by atoms with Gasteiger partial charge in [-0.05, 0) is 49.6 Å². The van der Waals surface area contributed by atoms with Gasteiger partial charge in [-0.2, -0.15) is 4.36 Å². The Hall–Kier alpha value is -2.82. The zero-order valence-corrected chi connectivity index (χ0v) is 19.7. The van der Waals surface area contributed by atoms with E-state index in [2.05, 4.69) is 19.6 Å². The van der Waals surface area contributed by atoms with Crippen LogP contribution in [-0.4, -0.2) is 56.2 Å². The monoisotopic (exact) mass is 486 g/mol. The summed E-state index contributed by atoms with van der Waals surface area (Å²) in [4.78, 5) is 8.82. The highest BCUT2D eigenvalue weighted by Crippen LogP contribution is 2.35. The molecule has 34 heavy (non-hydrogen) atoms. The molecular weight excluding hydrogens is 459 g/mol. The van der Waals surface area contributed by atoms with Crippen molar-refractivity contribution in [2.75, 3.05) is 30.0 Å². The second kappa shape index (κ2) is 9.44. The van der Waals surface area contributed by atoms with Gasteiger partial charge in [0.15, 0.2) is 0 Å². The Bertz CT molecular complexity index is 1320. The van der Waals surface area contributed by atoms with Crippen molar-refractivity contribution >= 4 is 37.8 Å². The van der Waals surface area contributed by atoms with Crippen LogP contribution in [0.15, 0.2) is 41.0 Å². The van der Waals surface area contributed by atoms with Crippen LogP contribution in [0, 0.1) is 12.7 Å². The molecule has 1 aromatic heterocycles. The Morgan fingerprint density at radius 2 is 2.03 bits per heavy atom. The molecule has 0 amide bonds. The minimum Gasteiger partial charge on any atom is -0.486 e. The minimum absolute atomic E-state index is 0.127. The zero-order chi connectivity index (χ0) is 23.7. The predicted octanol–water partition coefficient (Wildman–Crippen LogP) is 4.24. The first-order valence-corrected chi connectivity index (χ1v) is 13.2. The van der Waals surface area contributed by atoms with Crippen molar-refractivity contribution in [1.29, 1.82) is 0 Å². The number of aliphatic hydroxyl groups is 1. The largest absolute Gasteiger partial charge is 0.486 e. The lowest BCUT2D eigenvalue weighted by molar-refractivity contribution is 0.141. The first kappa shape index (κ1) is 22.9. The predicted molar refractivity (Wildman–Crippen MR) is 129 cm³/mol. The van der Waals surface area contributed by atoms with Crippen LogP contribution in [-0.2, 0) is 14.5 Å². The van der Waals surface area contributed by atoms with Gasteiger partial charge >= 0.3 is 0 Å². The molecule has 3 heterocycles. The summed E-state index contributed by atoms with van der Waals surface area (Å²) in [5.41, 5.74) is 2.71. The van der Waals surface area contributed by atoms with Crippen molar-refractivity contribution in [2.24, 2.45) is 4.36 Å². The van der Waals surface area contributed by atoms with E-state index in [1.807, 2.05) is 13.0 Å². The maximum absolute atomic E-state index is 14.0. The molecule has 10 heteroatoms. The van der Waals surface area contributed by atoms with Crippen LogP contribution in [0.5, 0.6) is 5.75 Å². The molecule has 2 aliphatic rings. The third kappa shape index (κ3) is 4.98. The number of aryl methyl sites for hydroxylation is 1. The number of halogens is 1. The molecule has 0 saturated carbocycles. The summed E-state index contributed by atoms with van der Waals surface area (Å²) in [6, 6.07) is 8.00. The van der Waals surface area contributed by atoms with Crippen LogP contribution in [0.2, 0.25) is 0 Å². The minimum atomic E-state index is -2.40. The first-order chi connectivity index (χ1) is 16.4. The van der Waals surface area contributed by atoms with Gasteiger partial charge in [-0.25, -0.2) is 18.6 Å². The van der Waals surface area contributed by atoms with Gasteiger partial charge in [-0.3, -0.25) is 0 Å². The van der Waals surface area contributed by atoms with E-state index in [0.717, 1.165) is 17.4 Å². The van der Waals surface area contributed by atoms with Gasteiger partial charge in [0.05, 0.1) is 45.9 Å². The average molecular weight is 487 g/mol. The van der Waals surface area contributed by atoms with Crippen molar-refractivity contribution in [1.82, 2.24) is 9.97 Å². The molecule has 3 aromatic rings. The van der Waals surface area contributed by atoms with Gasteiger partial charge in [0.25, 0.3) is 0 Å². The Morgan fingerprint density at radius 3 is 2.79 bits per heavy atom. The summed E-state index contributed by atoms with van der Waals surface area (Å²) < 4.78 is 43.0. The van der Waals surface area contributed by atoms with Crippen LogP contribution in [0.4, 0.5) is 21.6 Å². The van der Waals surface area contributed by atoms with Crippen molar-refractivity contribution in [2.45, 2.75) is 38.4 Å². The lowest BCUT2D eigenvalue weighted by Crippen LogP contribution is -2.26.